The number of H-pyrrole nitrogens is 1. The van der Waals surface area contributed by atoms with E-state index in [4.69, 9.17) is 11.6 Å². The van der Waals surface area contributed by atoms with Gasteiger partial charge in [0, 0.05) is 4.47 Å². The minimum absolute atomic E-state index is 0.0425. The third-order valence-electron chi connectivity index (χ3n) is 2.24. The molecule has 2 aromatic rings. The van der Waals surface area contributed by atoms with Gasteiger partial charge >= 0.3 is 0 Å². The highest BCUT2D eigenvalue weighted by molar-refractivity contribution is 9.10. The van der Waals surface area contributed by atoms with Crippen LogP contribution in [0.25, 0.3) is 0 Å². The SMILES string of the molecule is Cc1cccc(Nc2nc[nH]c(=O)c2Cl)c1Br. The van der Waals surface area contributed by atoms with Crippen molar-refractivity contribution in [2.24, 2.45) is 0 Å². The number of aromatic amines is 1. The Kier molecular flexibility index (Phi) is 3.49. The van der Waals surface area contributed by atoms with Crippen molar-refractivity contribution in [3.05, 3.63) is 49.9 Å². The molecule has 0 unspecified atom stereocenters. The molecule has 1 heterocycles. The summed E-state index contributed by atoms with van der Waals surface area (Å²) < 4.78 is 0.915. The van der Waals surface area contributed by atoms with E-state index in [2.05, 4.69) is 31.2 Å². The smallest absolute Gasteiger partial charge is 0.271 e. The molecule has 2 rings (SSSR count). The molecule has 2 N–H and O–H groups in total. The van der Waals surface area contributed by atoms with E-state index in [1.54, 1.807) is 0 Å². The molecule has 4 nitrogen and oxygen atoms in total. The van der Waals surface area contributed by atoms with Gasteiger partial charge < -0.3 is 10.3 Å². The number of halogens is 2. The lowest BCUT2D eigenvalue weighted by Gasteiger charge is -2.09. The van der Waals surface area contributed by atoms with Gasteiger partial charge in [0.05, 0.1) is 12.0 Å². The average Bonchev–Trinajstić information content (AvgIpc) is 2.31. The Morgan fingerprint density at radius 1 is 1.47 bits per heavy atom. The largest absolute Gasteiger partial charge is 0.338 e. The van der Waals surface area contributed by atoms with Gasteiger partial charge in [0.25, 0.3) is 5.56 Å². The van der Waals surface area contributed by atoms with E-state index in [0.717, 1.165) is 15.7 Å². The number of nitrogens with one attached hydrogen (secondary N) is 2. The Labute approximate surface area is 111 Å². The van der Waals surface area contributed by atoms with Crippen LogP contribution in [0.4, 0.5) is 11.5 Å². The van der Waals surface area contributed by atoms with Gasteiger partial charge in [-0.2, -0.15) is 0 Å². The summed E-state index contributed by atoms with van der Waals surface area (Å²) in [5.41, 5.74) is 1.52. The Hall–Kier alpha value is -1.33. The Morgan fingerprint density at radius 3 is 3.00 bits per heavy atom. The summed E-state index contributed by atoms with van der Waals surface area (Å²) >= 11 is 9.31. The number of anilines is 2. The van der Waals surface area contributed by atoms with Gasteiger partial charge in [-0.25, -0.2) is 4.98 Å². The summed E-state index contributed by atoms with van der Waals surface area (Å²) in [5, 5.41) is 3.05. The zero-order valence-electron chi connectivity index (χ0n) is 8.92. The lowest BCUT2D eigenvalue weighted by Crippen LogP contribution is -2.09. The molecular formula is C11H9BrClN3O. The molecule has 0 aliphatic carbocycles. The minimum atomic E-state index is -0.368. The number of hydrogen-bond acceptors (Lipinski definition) is 3. The van der Waals surface area contributed by atoms with Crippen molar-refractivity contribution in [2.45, 2.75) is 6.92 Å². The third-order valence-corrected chi connectivity index (χ3v) is 3.64. The molecule has 0 aliphatic heterocycles. The van der Waals surface area contributed by atoms with Crippen LogP contribution in [0.2, 0.25) is 5.02 Å². The van der Waals surface area contributed by atoms with E-state index >= 15 is 0 Å². The fourth-order valence-electron chi connectivity index (χ4n) is 1.34. The highest BCUT2D eigenvalue weighted by atomic mass is 79.9. The molecule has 0 radical (unpaired) electrons. The Balaban J connectivity index is 2.42. The van der Waals surface area contributed by atoms with Gasteiger partial charge in [-0.3, -0.25) is 4.79 Å². The molecule has 17 heavy (non-hydrogen) atoms. The molecule has 0 saturated heterocycles. The zero-order chi connectivity index (χ0) is 12.4. The van der Waals surface area contributed by atoms with Crippen molar-refractivity contribution in [3.63, 3.8) is 0 Å². The first kappa shape index (κ1) is 12.1. The first-order chi connectivity index (χ1) is 8.09. The third kappa shape index (κ3) is 2.50. The molecule has 6 heteroatoms. The maximum Gasteiger partial charge on any atom is 0.271 e. The van der Waals surface area contributed by atoms with Crippen LogP contribution < -0.4 is 10.9 Å². The first-order valence-corrected chi connectivity index (χ1v) is 6.02. The van der Waals surface area contributed by atoms with Crippen molar-refractivity contribution in [2.75, 3.05) is 5.32 Å². The summed E-state index contributed by atoms with van der Waals surface area (Å²) in [5.74, 6) is 0.335. The quantitative estimate of drug-likeness (QED) is 0.894. The van der Waals surface area contributed by atoms with E-state index < -0.39 is 0 Å². The maximum absolute atomic E-state index is 11.3. The molecule has 0 aliphatic rings. The van der Waals surface area contributed by atoms with E-state index in [1.165, 1.54) is 6.33 Å². The van der Waals surface area contributed by atoms with E-state index in [-0.39, 0.29) is 10.6 Å². The van der Waals surface area contributed by atoms with Crippen LogP contribution in [0.5, 0.6) is 0 Å². The summed E-state index contributed by atoms with van der Waals surface area (Å²) in [4.78, 5) is 17.7. The van der Waals surface area contributed by atoms with Gasteiger partial charge in [0.2, 0.25) is 0 Å². The molecule has 0 atom stereocenters. The molecular weight excluding hydrogens is 305 g/mol. The predicted molar refractivity (Wildman–Crippen MR) is 72.0 cm³/mol. The van der Waals surface area contributed by atoms with Gasteiger partial charge in [0.15, 0.2) is 5.82 Å². The summed E-state index contributed by atoms with van der Waals surface area (Å²) in [7, 11) is 0. The zero-order valence-corrected chi connectivity index (χ0v) is 11.3. The fourth-order valence-corrected chi connectivity index (χ4v) is 1.86. The van der Waals surface area contributed by atoms with Crippen molar-refractivity contribution in [1.82, 2.24) is 9.97 Å². The summed E-state index contributed by atoms with van der Waals surface area (Å²) in [6, 6.07) is 5.75. The monoisotopic (exact) mass is 313 g/mol. The van der Waals surface area contributed by atoms with Crippen LogP contribution in [-0.2, 0) is 0 Å². The predicted octanol–water partition coefficient (Wildman–Crippen LogP) is 3.24. The first-order valence-electron chi connectivity index (χ1n) is 4.85. The van der Waals surface area contributed by atoms with Gasteiger partial charge in [-0.05, 0) is 34.5 Å². The molecule has 88 valence electrons. The minimum Gasteiger partial charge on any atom is -0.338 e. The molecule has 1 aromatic heterocycles. The molecule has 0 bridgehead atoms. The van der Waals surface area contributed by atoms with Gasteiger partial charge in [-0.15, -0.1) is 0 Å². The lowest BCUT2D eigenvalue weighted by atomic mass is 10.2. The Bertz CT molecular complexity index is 612. The normalized spacial score (nSPS) is 10.3. The van der Waals surface area contributed by atoms with Gasteiger partial charge in [-0.1, -0.05) is 23.7 Å². The topological polar surface area (TPSA) is 57.8 Å². The van der Waals surface area contributed by atoms with E-state index in [1.807, 2.05) is 25.1 Å². The van der Waals surface area contributed by atoms with Crippen molar-refractivity contribution < 1.29 is 0 Å². The molecule has 1 aromatic carbocycles. The number of rotatable bonds is 2. The Morgan fingerprint density at radius 2 is 2.24 bits per heavy atom. The standard InChI is InChI=1S/C11H9BrClN3O/c1-6-3-2-4-7(8(6)12)16-10-9(13)11(17)15-5-14-10/h2-5H,1H3,(H2,14,15,16,17). The number of benzene rings is 1. The second-order valence-electron chi connectivity index (χ2n) is 3.46. The van der Waals surface area contributed by atoms with E-state index in [0.29, 0.717) is 5.82 Å². The van der Waals surface area contributed by atoms with Crippen LogP contribution in [-0.4, -0.2) is 9.97 Å². The number of aryl methyl sites for hydroxylation is 1. The van der Waals surface area contributed by atoms with Crippen LogP contribution in [0.1, 0.15) is 5.56 Å². The van der Waals surface area contributed by atoms with E-state index in [9.17, 15) is 4.79 Å². The second kappa shape index (κ2) is 4.89. The van der Waals surface area contributed by atoms with Crippen molar-refractivity contribution in [1.29, 1.82) is 0 Å². The van der Waals surface area contributed by atoms with Crippen LogP contribution in [0.3, 0.4) is 0 Å². The molecule has 0 spiro atoms. The molecule has 0 amide bonds. The van der Waals surface area contributed by atoms with Crippen LogP contribution >= 0.6 is 27.5 Å². The maximum atomic E-state index is 11.3. The van der Waals surface area contributed by atoms with Crippen LogP contribution in [0.15, 0.2) is 33.8 Å². The molecule has 0 saturated carbocycles. The average molecular weight is 315 g/mol. The van der Waals surface area contributed by atoms with Crippen LogP contribution in [0, 0.1) is 6.92 Å². The number of nitrogens with zero attached hydrogens (tertiary/aromatic N) is 1. The fraction of sp³-hybridized carbons (Fsp3) is 0.0909. The van der Waals surface area contributed by atoms with Crippen molar-refractivity contribution in [3.8, 4) is 0 Å². The van der Waals surface area contributed by atoms with Gasteiger partial charge in [0.1, 0.15) is 5.02 Å². The highest BCUT2D eigenvalue weighted by Crippen LogP contribution is 2.29. The second-order valence-corrected chi connectivity index (χ2v) is 4.63. The summed E-state index contributed by atoms with van der Waals surface area (Å²) in [6.07, 6.45) is 1.31. The van der Waals surface area contributed by atoms with Crippen molar-refractivity contribution >= 4 is 39.0 Å². The molecule has 0 fully saturated rings. The number of hydrogen-bond donors (Lipinski definition) is 2. The summed E-state index contributed by atoms with van der Waals surface area (Å²) in [6.45, 7) is 1.97. The lowest BCUT2D eigenvalue weighted by molar-refractivity contribution is 1.12. The number of aromatic nitrogens is 2. The highest BCUT2D eigenvalue weighted by Gasteiger charge is 2.08.